The lowest BCUT2D eigenvalue weighted by molar-refractivity contribution is -0.127. The molecular weight excluding hydrogens is 434 g/mol. The standard InChI is InChI=1S/C27H31NO4S/c1-20(8-6-11-21-9-4-3-5-10-21)24(29)16-13-22-14-18-26(30)28(22)19-7-12-23-15-17-25(33-23)27(31)32-2/h3-5,9-10,13,15-17,20,22,24,29H,6,8,11,14,18-19H2,1-2H3/t20-,22?,24+/m0/s1. The van der Waals surface area contributed by atoms with Gasteiger partial charge >= 0.3 is 5.97 Å². The van der Waals surface area contributed by atoms with Gasteiger partial charge in [-0.1, -0.05) is 61.2 Å². The molecule has 1 aliphatic heterocycles. The number of nitrogens with zero attached hydrogens (tertiary/aromatic N) is 1. The average Bonchev–Trinajstić information content (AvgIpc) is 3.44. The third-order valence-electron chi connectivity index (χ3n) is 5.91. The van der Waals surface area contributed by atoms with E-state index in [2.05, 4.69) is 43.0 Å². The first-order valence-electron chi connectivity index (χ1n) is 11.3. The molecule has 174 valence electrons. The Kier molecular flexibility index (Phi) is 9.29. The Bertz CT molecular complexity index is 1020. The largest absolute Gasteiger partial charge is 0.465 e. The van der Waals surface area contributed by atoms with Crippen molar-refractivity contribution in [3.05, 3.63) is 69.9 Å². The number of amides is 1. The zero-order valence-electron chi connectivity index (χ0n) is 19.2. The zero-order chi connectivity index (χ0) is 23.6. The summed E-state index contributed by atoms with van der Waals surface area (Å²) < 4.78 is 4.71. The molecule has 3 atom stereocenters. The number of aliphatic hydroxyl groups excluding tert-OH is 1. The van der Waals surface area contributed by atoms with Crippen LogP contribution in [-0.4, -0.2) is 47.7 Å². The summed E-state index contributed by atoms with van der Waals surface area (Å²) in [5, 5.41) is 10.6. The smallest absolute Gasteiger partial charge is 0.348 e. The van der Waals surface area contributed by atoms with E-state index in [4.69, 9.17) is 4.74 Å². The van der Waals surface area contributed by atoms with Crippen molar-refractivity contribution in [1.29, 1.82) is 0 Å². The number of likely N-dealkylation sites (tertiary alicyclic amines) is 1. The molecule has 2 aromatic rings. The maximum atomic E-state index is 12.3. The molecule has 1 unspecified atom stereocenters. The lowest BCUT2D eigenvalue weighted by atomic mass is 9.95. The minimum atomic E-state index is -0.535. The van der Waals surface area contributed by atoms with Gasteiger partial charge in [0, 0.05) is 6.42 Å². The third kappa shape index (κ3) is 7.31. The third-order valence-corrected chi connectivity index (χ3v) is 6.89. The Morgan fingerprint density at radius 2 is 2.09 bits per heavy atom. The van der Waals surface area contributed by atoms with E-state index in [9.17, 15) is 14.7 Å². The summed E-state index contributed by atoms with van der Waals surface area (Å²) in [5.41, 5.74) is 1.32. The minimum Gasteiger partial charge on any atom is -0.465 e. The molecule has 1 amide bonds. The van der Waals surface area contributed by atoms with E-state index in [1.807, 2.05) is 18.2 Å². The van der Waals surface area contributed by atoms with E-state index in [0.29, 0.717) is 17.8 Å². The highest BCUT2D eigenvalue weighted by Gasteiger charge is 2.28. The highest BCUT2D eigenvalue weighted by atomic mass is 32.1. The van der Waals surface area contributed by atoms with E-state index in [-0.39, 0.29) is 23.8 Å². The molecule has 5 nitrogen and oxygen atoms in total. The van der Waals surface area contributed by atoms with Crippen molar-refractivity contribution in [2.45, 2.75) is 51.2 Å². The average molecular weight is 466 g/mol. The van der Waals surface area contributed by atoms with Crippen molar-refractivity contribution in [1.82, 2.24) is 4.90 Å². The van der Waals surface area contributed by atoms with Gasteiger partial charge in [-0.3, -0.25) is 4.79 Å². The second-order valence-electron chi connectivity index (χ2n) is 8.32. The summed E-state index contributed by atoms with van der Waals surface area (Å²) in [7, 11) is 1.35. The van der Waals surface area contributed by atoms with E-state index < -0.39 is 6.10 Å². The van der Waals surface area contributed by atoms with E-state index in [0.717, 1.165) is 30.6 Å². The van der Waals surface area contributed by atoms with Gasteiger partial charge in [-0.2, -0.15) is 0 Å². The number of rotatable bonds is 9. The fourth-order valence-corrected chi connectivity index (χ4v) is 4.66. The Hall–Kier alpha value is -2.88. The second kappa shape index (κ2) is 12.4. The molecule has 1 N–H and O–H groups in total. The quantitative estimate of drug-likeness (QED) is 0.337. The maximum absolute atomic E-state index is 12.3. The molecule has 1 aliphatic rings. The molecule has 2 heterocycles. The van der Waals surface area contributed by atoms with Gasteiger partial charge in [-0.15, -0.1) is 11.3 Å². The Morgan fingerprint density at radius 3 is 2.85 bits per heavy atom. The summed E-state index contributed by atoms with van der Waals surface area (Å²) in [6.45, 7) is 2.38. The van der Waals surface area contributed by atoms with Crippen LogP contribution in [0.5, 0.6) is 0 Å². The number of benzene rings is 1. The zero-order valence-corrected chi connectivity index (χ0v) is 20.0. The number of ether oxygens (including phenoxy) is 1. The fourth-order valence-electron chi connectivity index (χ4n) is 3.86. The van der Waals surface area contributed by atoms with Crippen LogP contribution in [0.25, 0.3) is 0 Å². The molecule has 6 heteroatoms. The summed E-state index contributed by atoms with van der Waals surface area (Å²) in [6, 6.07) is 13.8. The van der Waals surface area contributed by atoms with Gasteiger partial charge in [-0.05, 0) is 49.3 Å². The number of methoxy groups -OCH3 is 1. The van der Waals surface area contributed by atoms with Crippen LogP contribution in [0.4, 0.5) is 0 Å². The van der Waals surface area contributed by atoms with E-state index >= 15 is 0 Å². The SMILES string of the molecule is COC(=O)c1ccc(C#CCN2C(=O)CCC2C=C[C@@H](O)[C@@H](C)CCCc2ccccc2)s1. The van der Waals surface area contributed by atoms with Crippen LogP contribution in [0.15, 0.2) is 54.6 Å². The van der Waals surface area contributed by atoms with Crippen LogP contribution in [0, 0.1) is 17.8 Å². The van der Waals surface area contributed by atoms with Crippen LogP contribution >= 0.6 is 11.3 Å². The molecule has 33 heavy (non-hydrogen) atoms. The lowest BCUT2D eigenvalue weighted by Crippen LogP contribution is -2.32. The molecule has 0 radical (unpaired) electrons. The topological polar surface area (TPSA) is 66.8 Å². The number of carbonyl (C=O) groups excluding carboxylic acids is 2. The first-order chi connectivity index (χ1) is 16.0. The van der Waals surface area contributed by atoms with Gasteiger partial charge in [0.2, 0.25) is 5.91 Å². The van der Waals surface area contributed by atoms with Crippen LogP contribution < -0.4 is 0 Å². The number of hydrogen-bond donors (Lipinski definition) is 1. The molecule has 0 saturated carbocycles. The Morgan fingerprint density at radius 1 is 1.30 bits per heavy atom. The first-order valence-corrected chi connectivity index (χ1v) is 12.2. The van der Waals surface area contributed by atoms with Crippen molar-refractivity contribution in [2.24, 2.45) is 5.92 Å². The number of carbonyl (C=O) groups is 2. The van der Waals surface area contributed by atoms with Crippen molar-refractivity contribution in [2.75, 3.05) is 13.7 Å². The molecule has 0 aliphatic carbocycles. The Labute approximate surface area is 200 Å². The van der Waals surface area contributed by atoms with Crippen molar-refractivity contribution in [3.63, 3.8) is 0 Å². The predicted molar refractivity (Wildman–Crippen MR) is 131 cm³/mol. The molecule has 1 saturated heterocycles. The minimum absolute atomic E-state index is 0.0491. The normalized spacial score (nSPS) is 17.6. The lowest BCUT2D eigenvalue weighted by Gasteiger charge is -2.21. The number of aliphatic hydroxyl groups is 1. The second-order valence-corrected chi connectivity index (χ2v) is 9.40. The van der Waals surface area contributed by atoms with Gasteiger partial charge in [0.05, 0.1) is 30.7 Å². The van der Waals surface area contributed by atoms with Gasteiger partial charge < -0.3 is 14.7 Å². The molecule has 1 fully saturated rings. The molecular formula is C27H31NO4S. The predicted octanol–water partition coefficient (Wildman–Crippen LogP) is 4.45. The fraction of sp³-hybridized carbons (Fsp3) is 0.407. The molecule has 0 spiro atoms. The van der Waals surface area contributed by atoms with Crippen LogP contribution in [-0.2, 0) is 16.0 Å². The summed E-state index contributed by atoms with van der Waals surface area (Å²) in [6.07, 6.45) is 7.45. The van der Waals surface area contributed by atoms with E-state index in [1.54, 1.807) is 17.0 Å². The van der Waals surface area contributed by atoms with Crippen LogP contribution in [0.3, 0.4) is 0 Å². The number of thiophene rings is 1. The van der Waals surface area contributed by atoms with Crippen molar-refractivity contribution in [3.8, 4) is 11.8 Å². The van der Waals surface area contributed by atoms with Crippen LogP contribution in [0.1, 0.15) is 52.7 Å². The van der Waals surface area contributed by atoms with Gasteiger partial charge in [0.1, 0.15) is 4.88 Å². The number of hydrogen-bond acceptors (Lipinski definition) is 5. The Balaban J connectivity index is 1.49. The summed E-state index contributed by atoms with van der Waals surface area (Å²) in [4.78, 5) is 26.9. The van der Waals surface area contributed by atoms with Gasteiger partial charge in [-0.25, -0.2) is 4.79 Å². The number of aryl methyl sites for hydroxylation is 1. The van der Waals surface area contributed by atoms with Gasteiger partial charge in [0.25, 0.3) is 0 Å². The molecule has 0 bridgehead atoms. The molecule has 3 rings (SSSR count). The maximum Gasteiger partial charge on any atom is 0.348 e. The van der Waals surface area contributed by atoms with Gasteiger partial charge in [0.15, 0.2) is 0 Å². The van der Waals surface area contributed by atoms with Crippen molar-refractivity contribution >= 4 is 23.2 Å². The molecule has 1 aromatic carbocycles. The van der Waals surface area contributed by atoms with Crippen molar-refractivity contribution < 1.29 is 19.4 Å². The number of esters is 1. The highest BCUT2D eigenvalue weighted by molar-refractivity contribution is 7.14. The van der Waals surface area contributed by atoms with Crippen LogP contribution in [0.2, 0.25) is 0 Å². The monoisotopic (exact) mass is 465 g/mol. The summed E-state index contributed by atoms with van der Waals surface area (Å²) in [5.74, 6) is 5.92. The highest BCUT2D eigenvalue weighted by Crippen LogP contribution is 2.21. The molecule has 1 aromatic heterocycles. The first kappa shape index (κ1) is 24.8. The van der Waals surface area contributed by atoms with E-state index in [1.165, 1.54) is 24.0 Å². The summed E-state index contributed by atoms with van der Waals surface area (Å²) >= 11 is 1.27.